The van der Waals surface area contributed by atoms with E-state index in [0.717, 1.165) is 14.7 Å². The highest BCUT2D eigenvalue weighted by atomic mass is 127. The van der Waals surface area contributed by atoms with Crippen LogP contribution >= 0.6 is 22.6 Å². The van der Waals surface area contributed by atoms with Crippen molar-refractivity contribution >= 4 is 28.6 Å². The number of benzene rings is 1. The summed E-state index contributed by atoms with van der Waals surface area (Å²) in [6.45, 7) is 4.04. The molecule has 0 atom stereocenters. The van der Waals surface area contributed by atoms with E-state index >= 15 is 0 Å². The third kappa shape index (κ3) is 3.20. The van der Waals surface area contributed by atoms with Crippen molar-refractivity contribution in [3.63, 3.8) is 0 Å². The fraction of sp³-hybridized carbons (Fsp3) is 0.333. The van der Waals surface area contributed by atoms with Crippen LogP contribution in [0.3, 0.4) is 0 Å². The summed E-state index contributed by atoms with van der Waals surface area (Å²) in [5.41, 5.74) is 2.39. The lowest BCUT2D eigenvalue weighted by molar-refractivity contribution is -0.142. The van der Waals surface area contributed by atoms with Crippen molar-refractivity contribution < 1.29 is 9.53 Å². The first-order valence-electron chi connectivity index (χ1n) is 4.93. The Morgan fingerprint density at radius 2 is 2.25 bits per heavy atom. The van der Waals surface area contributed by atoms with Gasteiger partial charge in [-0.1, -0.05) is 0 Å². The average Bonchev–Trinajstić information content (AvgIpc) is 2.22. The normalized spacial score (nSPS) is 9.62. The van der Waals surface area contributed by atoms with E-state index in [1.807, 2.05) is 13.0 Å². The van der Waals surface area contributed by atoms with Crippen molar-refractivity contribution in [1.29, 1.82) is 5.26 Å². The first-order chi connectivity index (χ1) is 7.58. The van der Waals surface area contributed by atoms with Crippen LogP contribution in [0.4, 0.5) is 0 Å². The fourth-order valence-electron chi connectivity index (χ4n) is 1.34. The maximum atomic E-state index is 11.3. The predicted molar refractivity (Wildman–Crippen MR) is 68.9 cm³/mol. The van der Waals surface area contributed by atoms with Crippen molar-refractivity contribution in [2.75, 3.05) is 6.61 Å². The van der Waals surface area contributed by atoms with Gasteiger partial charge in [0.2, 0.25) is 0 Å². The molecule has 0 fully saturated rings. The molecule has 0 spiro atoms. The molecule has 0 aromatic heterocycles. The number of carbonyl (C=O) groups is 1. The highest BCUT2D eigenvalue weighted by Crippen LogP contribution is 2.19. The first-order valence-corrected chi connectivity index (χ1v) is 6.01. The van der Waals surface area contributed by atoms with Gasteiger partial charge in [0.05, 0.1) is 24.7 Å². The molecule has 3 nitrogen and oxygen atoms in total. The predicted octanol–water partition coefficient (Wildman–Crippen LogP) is 2.58. The van der Waals surface area contributed by atoms with Gasteiger partial charge in [0, 0.05) is 3.57 Å². The van der Waals surface area contributed by atoms with E-state index in [1.54, 1.807) is 13.0 Å². The molecule has 0 saturated carbocycles. The Kier molecular flexibility index (Phi) is 4.74. The lowest BCUT2D eigenvalue weighted by atomic mass is 10.0. The molecule has 0 aliphatic carbocycles. The number of aryl methyl sites for hydroxylation is 1. The molecule has 4 heteroatoms. The Morgan fingerprint density at radius 3 is 2.81 bits per heavy atom. The number of carbonyl (C=O) groups excluding carboxylic acids is 1. The number of hydrogen-bond donors (Lipinski definition) is 0. The molecule has 0 radical (unpaired) electrons. The second-order valence-electron chi connectivity index (χ2n) is 3.35. The van der Waals surface area contributed by atoms with E-state index in [0.29, 0.717) is 12.2 Å². The van der Waals surface area contributed by atoms with E-state index in [2.05, 4.69) is 28.7 Å². The molecule has 1 aromatic carbocycles. The van der Waals surface area contributed by atoms with E-state index in [1.165, 1.54) is 0 Å². The van der Waals surface area contributed by atoms with Gasteiger partial charge in [0.15, 0.2) is 0 Å². The van der Waals surface area contributed by atoms with Crippen LogP contribution in [-0.4, -0.2) is 12.6 Å². The van der Waals surface area contributed by atoms with E-state index in [-0.39, 0.29) is 12.4 Å². The van der Waals surface area contributed by atoms with Crippen molar-refractivity contribution in [3.05, 3.63) is 32.4 Å². The topological polar surface area (TPSA) is 50.1 Å². The molecule has 0 aliphatic heterocycles. The lowest BCUT2D eigenvalue weighted by Gasteiger charge is -2.07. The summed E-state index contributed by atoms with van der Waals surface area (Å²) in [5.74, 6) is -0.256. The van der Waals surface area contributed by atoms with Crippen LogP contribution in [0.15, 0.2) is 12.1 Å². The fourth-order valence-corrected chi connectivity index (χ4v) is 2.15. The number of ether oxygens (including phenoxy) is 1. The maximum absolute atomic E-state index is 11.3. The maximum Gasteiger partial charge on any atom is 0.310 e. The van der Waals surface area contributed by atoms with Crippen LogP contribution in [0, 0.1) is 21.8 Å². The molecule has 1 rings (SSSR count). The van der Waals surface area contributed by atoms with E-state index in [9.17, 15) is 4.79 Å². The second kappa shape index (κ2) is 5.85. The average molecular weight is 329 g/mol. The smallest absolute Gasteiger partial charge is 0.310 e. The van der Waals surface area contributed by atoms with E-state index < -0.39 is 0 Å². The number of nitrogens with zero attached hydrogens (tertiary/aromatic N) is 1. The highest BCUT2D eigenvalue weighted by molar-refractivity contribution is 14.1. The van der Waals surface area contributed by atoms with Gasteiger partial charge in [0.25, 0.3) is 0 Å². The van der Waals surface area contributed by atoms with Crippen LogP contribution in [-0.2, 0) is 16.0 Å². The van der Waals surface area contributed by atoms with Gasteiger partial charge < -0.3 is 4.74 Å². The summed E-state index contributed by atoms with van der Waals surface area (Å²) in [4.78, 5) is 11.3. The molecule has 0 aliphatic rings. The summed E-state index contributed by atoms with van der Waals surface area (Å²) in [6, 6.07) is 5.78. The Balaban J connectivity index is 2.97. The summed E-state index contributed by atoms with van der Waals surface area (Å²) < 4.78 is 5.87. The summed E-state index contributed by atoms with van der Waals surface area (Å²) >= 11 is 2.16. The van der Waals surface area contributed by atoms with Gasteiger partial charge in [-0.3, -0.25) is 4.79 Å². The molecule has 84 valence electrons. The molecule has 0 bridgehead atoms. The van der Waals surface area contributed by atoms with Crippen molar-refractivity contribution in [1.82, 2.24) is 0 Å². The Morgan fingerprint density at radius 1 is 1.56 bits per heavy atom. The number of hydrogen-bond acceptors (Lipinski definition) is 3. The third-order valence-electron chi connectivity index (χ3n) is 2.15. The van der Waals surface area contributed by atoms with Gasteiger partial charge in [0.1, 0.15) is 0 Å². The number of halogens is 1. The van der Waals surface area contributed by atoms with Gasteiger partial charge >= 0.3 is 5.97 Å². The highest BCUT2D eigenvalue weighted by Gasteiger charge is 2.10. The van der Waals surface area contributed by atoms with Gasteiger partial charge in [-0.2, -0.15) is 5.26 Å². The zero-order valence-electron chi connectivity index (χ0n) is 9.21. The zero-order chi connectivity index (χ0) is 12.1. The summed E-state index contributed by atoms with van der Waals surface area (Å²) in [6.07, 6.45) is 0.223. The minimum atomic E-state index is -0.256. The molecule has 0 heterocycles. The van der Waals surface area contributed by atoms with Crippen LogP contribution in [0.1, 0.15) is 23.6 Å². The largest absolute Gasteiger partial charge is 0.466 e. The van der Waals surface area contributed by atoms with Crippen LogP contribution in [0.2, 0.25) is 0 Å². The summed E-state index contributed by atoms with van der Waals surface area (Å²) in [5, 5.41) is 8.90. The number of esters is 1. The summed E-state index contributed by atoms with van der Waals surface area (Å²) in [7, 11) is 0. The molecule has 1 aromatic rings. The molecule has 0 saturated heterocycles. The van der Waals surface area contributed by atoms with Crippen LogP contribution < -0.4 is 0 Å². The molecule has 16 heavy (non-hydrogen) atoms. The Bertz CT molecular complexity index is 449. The number of nitriles is 1. The second-order valence-corrected chi connectivity index (χ2v) is 4.51. The quantitative estimate of drug-likeness (QED) is 0.633. The van der Waals surface area contributed by atoms with E-state index in [4.69, 9.17) is 10.00 Å². The van der Waals surface area contributed by atoms with Crippen molar-refractivity contribution in [2.45, 2.75) is 20.3 Å². The minimum Gasteiger partial charge on any atom is -0.466 e. The lowest BCUT2D eigenvalue weighted by Crippen LogP contribution is -2.09. The van der Waals surface area contributed by atoms with Crippen molar-refractivity contribution in [2.24, 2.45) is 0 Å². The number of rotatable bonds is 3. The monoisotopic (exact) mass is 329 g/mol. The third-order valence-corrected chi connectivity index (χ3v) is 3.16. The Labute approximate surface area is 109 Å². The Hall–Kier alpha value is -1.09. The standard InChI is InChI=1S/C12H12INO2/c1-3-16-12(15)6-9-5-10(7-14)8(2)4-11(9)13/h4-5H,3,6H2,1-2H3. The SMILES string of the molecule is CCOC(=O)Cc1cc(C#N)c(C)cc1I. The minimum absolute atomic E-state index is 0.223. The van der Waals surface area contributed by atoms with Gasteiger partial charge in [-0.15, -0.1) is 0 Å². The molecular formula is C12H12INO2. The van der Waals surface area contributed by atoms with Gasteiger partial charge in [-0.25, -0.2) is 0 Å². The van der Waals surface area contributed by atoms with Gasteiger partial charge in [-0.05, 0) is 59.7 Å². The zero-order valence-corrected chi connectivity index (χ0v) is 11.4. The molecular weight excluding hydrogens is 317 g/mol. The molecule has 0 unspecified atom stereocenters. The molecule has 0 amide bonds. The first kappa shape index (κ1) is 13.0. The van der Waals surface area contributed by atoms with Crippen molar-refractivity contribution in [3.8, 4) is 6.07 Å². The van der Waals surface area contributed by atoms with Crippen LogP contribution in [0.25, 0.3) is 0 Å². The van der Waals surface area contributed by atoms with Crippen LogP contribution in [0.5, 0.6) is 0 Å². The molecule has 0 N–H and O–H groups in total.